The number of nitrogens with zero attached hydrogens (tertiary/aromatic N) is 5. The van der Waals surface area contributed by atoms with Gasteiger partial charge < -0.3 is 10.6 Å². The van der Waals surface area contributed by atoms with Gasteiger partial charge in [0, 0.05) is 29.4 Å². The molecule has 1 fully saturated rings. The number of aryl methyl sites for hydroxylation is 3. The summed E-state index contributed by atoms with van der Waals surface area (Å²) in [6, 6.07) is 0. The van der Waals surface area contributed by atoms with Crippen LogP contribution in [0.1, 0.15) is 42.0 Å². The van der Waals surface area contributed by atoms with Crippen molar-refractivity contribution in [1.82, 2.24) is 30.3 Å². The molecule has 26 heavy (non-hydrogen) atoms. The number of carbonyl (C=O) groups is 2. The van der Waals surface area contributed by atoms with Gasteiger partial charge in [0.05, 0.1) is 6.20 Å². The Morgan fingerprint density at radius 3 is 2.50 bits per heavy atom. The fraction of sp³-hybridized carbons (Fsp3) is 0.529. The van der Waals surface area contributed by atoms with E-state index in [4.69, 9.17) is 0 Å². The Hall–Kier alpha value is -2.84. The summed E-state index contributed by atoms with van der Waals surface area (Å²) >= 11 is 0. The third-order valence-corrected chi connectivity index (χ3v) is 4.57. The van der Waals surface area contributed by atoms with Gasteiger partial charge in [-0.1, -0.05) is 11.6 Å². The normalized spacial score (nSPS) is 14.0. The zero-order valence-corrected chi connectivity index (χ0v) is 15.2. The summed E-state index contributed by atoms with van der Waals surface area (Å²) in [5.74, 6) is 0.929. The molecular weight excluding hydrogens is 334 g/mol. The number of carbonyl (C=O) groups excluding carboxylic acids is 2. The van der Waals surface area contributed by atoms with Gasteiger partial charge in [-0.15, -0.1) is 5.10 Å². The lowest BCUT2D eigenvalue weighted by Gasteiger charge is -2.23. The van der Waals surface area contributed by atoms with Crippen LogP contribution >= 0.6 is 0 Å². The summed E-state index contributed by atoms with van der Waals surface area (Å²) in [6.07, 6.45) is 4.49. The van der Waals surface area contributed by atoms with Crippen LogP contribution in [0.5, 0.6) is 0 Å². The maximum absolute atomic E-state index is 12.1. The van der Waals surface area contributed by atoms with Gasteiger partial charge in [-0.3, -0.25) is 9.59 Å². The first-order valence-electron chi connectivity index (χ1n) is 8.71. The van der Waals surface area contributed by atoms with Crippen molar-refractivity contribution in [2.24, 2.45) is 5.92 Å². The van der Waals surface area contributed by atoms with Crippen molar-refractivity contribution in [3.05, 3.63) is 29.0 Å². The molecule has 0 unspecified atom stereocenters. The zero-order chi connectivity index (χ0) is 18.7. The van der Waals surface area contributed by atoms with E-state index in [1.54, 1.807) is 6.20 Å². The van der Waals surface area contributed by atoms with Crippen LogP contribution < -0.4 is 10.6 Å². The third kappa shape index (κ3) is 4.22. The van der Waals surface area contributed by atoms with Gasteiger partial charge in [-0.25, -0.2) is 14.6 Å². The van der Waals surface area contributed by atoms with E-state index >= 15 is 0 Å². The Balaban J connectivity index is 1.51. The molecule has 2 aromatic rings. The first-order valence-corrected chi connectivity index (χ1v) is 8.71. The van der Waals surface area contributed by atoms with Gasteiger partial charge in [-0.2, -0.15) is 0 Å². The molecule has 0 spiro atoms. The van der Waals surface area contributed by atoms with Crippen molar-refractivity contribution in [1.29, 1.82) is 0 Å². The topological polar surface area (TPSA) is 115 Å². The minimum atomic E-state index is -0.203. The summed E-state index contributed by atoms with van der Waals surface area (Å²) in [4.78, 5) is 32.7. The highest BCUT2D eigenvalue weighted by atomic mass is 16.2. The summed E-state index contributed by atoms with van der Waals surface area (Å²) in [5, 5.41) is 13.3. The first-order chi connectivity index (χ1) is 12.4. The van der Waals surface area contributed by atoms with Crippen LogP contribution in [0.15, 0.2) is 6.20 Å². The van der Waals surface area contributed by atoms with Crippen molar-refractivity contribution < 1.29 is 9.59 Å². The number of rotatable bonds is 6. The Kier molecular flexibility index (Phi) is 5.24. The van der Waals surface area contributed by atoms with Crippen LogP contribution in [0, 0.1) is 26.7 Å². The van der Waals surface area contributed by atoms with Crippen molar-refractivity contribution in [2.75, 3.05) is 5.32 Å². The molecule has 1 aliphatic carbocycles. The van der Waals surface area contributed by atoms with Crippen LogP contribution in [0.2, 0.25) is 0 Å². The molecule has 1 aliphatic rings. The van der Waals surface area contributed by atoms with Crippen molar-refractivity contribution in [3.8, 4) is 0 Å². The zero-order valence-electron chi connectivity index (χ0n) is 15.2. The van der Waals surface area contributed by atoms with Gasteiger partial charge in [0.2, 0.25) is 11.8 Å². The lowest BCUT2D eigenvalue weighted by atomic mass is 9.85. The van der Waals surface area contributed by atoms with Gasteiger partial charge in [-0.05, 0) is 33.6 Å². The van der Waals surface area contributed by atoms with Crippen molar-refractivity contribution in [3.63, 3.8) is 0 Å². The summed E-state index contributed by atoms with van der Waals surface area (Å²) in [7, 11) is 0. The van der Waals surface area contributed by atoms with E-state index in [9.17, 15) is 9.59 Å². The Morgan fingerprint density at radius 1 is 1.19 bits per heavy atom. The van der Waals surface area contributed by atoms with Gasteiger partial charge in [0.25, 0.3) is 0 Å². The minimum absolute atomic E-state index is 0.0249. The largest absolute Gasteiger partial charge is 0.350 e. The fourth-order valence-corrected chi connectivity index (χ4v) is 2.88. The third-order valence-electron chi connectivity index (χ3n) is 4.57. The average molecular weight is 357 g/mol. The smallest absolute Gasteiger partial charge is 0.242 e. The highest BCUT2D eigenvalue weighted by Gasteiger charge is 2.25. The number of hydrogen-bond acceptors (Lipinski definition) is 6. The second-order valence-corrected chi connectivity index (χ2v) is 6.62. The second-order valence-electron chi connectivity index (χ2n) is 6.62. The van der Waals surface area contributed by atoms with Crippen LogP contribution in [0.3, 0.4) is 0 Å². The molecule has 0 radical (unpaired) electrons. The van der Waals surface area contributed by atoms with Gasteiger partial charge >= 0.3 is 0 Å². The molecule has 0 aliphatic heterocycles. The highest BCUT2D eigenvalue weighted by molar-refractivity contribution is 5.92. The monoisotopic (exact) mass is 357 g/mol. The van der Waals surface area contributed by atoms with Gasteiger partial charge in [0.15, 0.2) is 5.82 Å². The lowest BCUT2D eigenvalue weighted by Crippen LogP contribution is -2.28. The van der Waals surface area contributed by atoms with E-state index in [0.717, 1.165) is 36.2 Å². The Labute approximate surface area is 151 Å². The van der Waals surface area contributed by atoms with E-state index < -0.39 is 0 Å². The fourth-order valence-electron chi connectivity index (χ4n) is 2.88. The Morgan fingerprint density at radius 2 is 1.88 bits per heavy atom. The van der Waals surface area contributed by atoms with Gasteiger partial charge in [0.1, 0.15) is 12.4 Å². The first kappa shape index (κ1) is 18.0. The average Bonchev–Trinajstić information content (AvgIpc) is 2.91. The number of amides is 2. The molecule has 0 atom stereocenters. The molecule has 9 nitrogen and oxygen atoms in total. The van der Waals surface area contributed by atoms with E-state index in [-0.39, 0.29) is 24.3 Å². The highest BCUT2D eigenvalue weighted by Crippen LogP contribution is 2.27. The summed E-state index contributed by atoms with van der Waals surface area (Å²) < 4.78 is 1.40. The van der Waals surface area contributed by atoms with Crippen LogP contribution in [-0.2, 0) is 22.7 Å². The molecule has 3 rings (SSSR count). The van der Waals surface area contributed by atoms with Crippen molar-refractivity contribution in [2.45, 2.75) is 53.1 Å². The van der Waals surface area contributed by atoms with E-state index in [0.29, 0.717) is 18.2 Å². The van der Waals surface area contributed by atoms with Crippen LogP contribution in [0.4, 0.5) is 5.82 Å². The van der Waals surface area contributed by atoms with E-state index in [1.807, 2.05) is 20.8 Å². The molecular formula is C17H23N7O2. The number of hydrogen-bond donors (Lipinski definition) is 2. The molecule has 138 valence electrons. The molecule has 2 amide bonds. The number of nitrogens with one attached hydrogen (secondary N) is 2. The molecule has 0 saturated heterocycles. The number of aromatic nitrogens is 5. The number of anilines is 1. The standard InChI is InChI=1S/C17H23N7O2/c1-10-14(11(2)20-12(3)19-10)7-18-16(25)9-24-8-15(22-23-24)21-17(26)13-5-4-6-13/h8,13H,4-7,9H2,1-3H3,(H,18,25)(H,21,26). The molecule has 9 heteroatoms. The van der Waals surface area contributed by atoms with E-state index in [1.165, 1.54) is 4.68 Å². The van der Waals surface area contributed by atoms with Crippen LogP contribution in [0.25, 0.3) is 0 Å². The Bertz CT molecular complexity index is 803. The lowest BCUT2D eigenvalue weighted by molar-refractivity contribution is -0.122. The molecule has 2 heterocycles. The predicted molar refractivity (Wildman–Crippen MR) is 94.1 cm³/mol. The van der Waals surface area contributed by atoms with E-state index in [2.05, 4.69) is 30.9 Å². The SMILES string of the molecule is Cc1nc(C)c(CNC(=O)Cn2cc(NC(=O)C3CCC3)nn2)c(C)n1. The van der Waals surface area contributed by atoms with Crippen molar-refractivity contribution >= 4 is 17.6 Å². The quantitative estimate of drug-likeness (QED) is 0.798. The minimum Gasteiger partial charge on any atom is -0.350 e. The summed E-state index contributed by atoms with van der Waals surface area (Å²) in [6.45, 7) is 6.03. The summed E-state index contributed by atoms with van der Waals surface area (Å²) in [5.41, 5.74) is 2.63. The maximum Gasteiger partial charge on any atom is 0.242 e. The molecule has 2 aromatic heterocycles. The van der Waals surface area contributed by atoms with Crippen LogP contribution in [-0.4, -0.2) is 36.8 Å². The molecule has 1 saturated carbocycles. The second kappa shape index (κ2) is 7.59. The maximum atomic E-state index is 12.1. The predicted octanol–water partition coefficient (Wildman–Crippen LogP) is 1.05. The molecule has 0 bridgehead atoms. The molecule has 0 aromatic carbocycles. The molecule has 2 N–H and O–H groups in total.